The van der Waals surface area contributed by atoms with E-state index in [9.17, 15) is 5.11 Å². The van der Waals surface area contributed by atoms with Crippen molar-refractivity contribution < 1.29 is 5.11 Å². The van der Waals surface area contributed by atoms with E-state index >= 15 is 0 Å². The number of benzene rings is 1. The van der Waals surface area contributed by atoms with Gasteiger partial charge in [-0.2, -0.15) is 0 Å². The van der Waals surface area contributed by atoms with Crippen molar-refractivity contribution in [3.63, 3.8) is 0 Å². The number of hydrogen-bond donors (Lipinski definition) is 2. The molecule has 0 saturated carbocycles. The lowest BCUT2D eigenvalue weighted by Crippen LogP contribution is -2.30. The first-order valence-electron chi connectivity index (χ1n) is 6.66. The fourth-order valence-corrected chi connectivity index (χ4v) is 2.25. The number of halogens is 1. The smallest absolute Gasteiger partial charge is 0.0914 e. The molecule has 18 heavy (non-hydrogen) atoms. The summed E-state index contributed by atoms with van der Waals surface area (Å²) < 4.78 is 1.01. The third-order valence-corrected chi connectivity index (χ3v) is 3.56. The third-order valence-electron chi connectivity index (χ3n) is 3.07. The van der Waals surface area contributed by atoms with Crippen molar-refractivity contribution in [3.8, 4) is 0 Å². The van der Waals surface area contributed by atoms with Crippen LogP contribution in [0.25, 0.3) is 0 Å². The van der Waals surface area contributed by atoms with Gasteiger partial charge in [-0.05, 0) is 43.4 Å². The second-order valence-electron chi connectivity index (χ2n) is 5.35. The summed E-state index contributed by atoms with van der Waals surface area (Å²) in [4.78, 5) is 0. The lowest BCUT2D eigenvalue weighted by molar-refractivity contribution is 0.169. The number of aliphatic hydroxyl groups excluding tert-OH is 1. The van der Waals surface area contributed by atoms with Gasteiger partial charge in [0.25, 0.3) is 0 Å². The van der Waals surface area contributed by atoms with Gasteiger partial charge in [-0.3, -0.25) is 0 Å². The van der Waals surface area contributed by atoms with Gasteiger partial charge in [0, 0.05) is 17.1 Å². The van der Waals surface area contributed by atoms with Crippen molar-refractivity contribution in [2.45, 2.75) is 45.8 Å². The molecule has 1 aromatic carbocycles. The Morgan fingerprint density at radius 1 is 1.22 bits per heavy atom. The van der Waals surface area contributed by atoms with Crippen LogP contribution in [0.2, 0.25) is 0 Å². The first kappa shape index (κ1) is 15.7. The molecule has 0 fully saturated rings. The van der Waals surface area contributed by atoms with Crippen LogP contribution in [0.5, 0.6) is 0 Å². The molecular weight excluding hydrogens is 290 g/mol. The van der Waals surface area contributed by atoms with E-state index in [0.29, 0.717) is 12.6 Å². The Hall–Kier alpha value is -0.380. The molecule has 2 nitrogen and oxygen atoms in total. The quantitative estimate of drug-likeness (QED) is 0.800. The molecule has 0 heterocycles. The highest BCUT2D eigenvalue weighted by Crippen LogP contribution is 2.18. The number of rotatable bonds is 7. The Morgan fingerprint density at radius 2 is 1.94 bits per heavy atom. The van der Waals surface area contributed by atoms with Gasteiger partial charge in [0.2, 0.25) is 0 Å². The van der Waals surface area contributed by atoms with Crippen LogP contribution in [0, 0.1) is 5.92 Å². The summed E-state index contributed by atoms with van der Waals surface area (Å²) in [5.41, 5.74) is 0.952. The Labute approximate surface area is 119 Å². The van der Waals surface area contributed by atoms with Crippen molar-refractivity contribution in [2.24, 2.45) is 5.92 Å². The van der Waals surface area contributed by atoms with E-state index in [1.165, 1.54) is 6.42 Å². The van der Waals surface area contributed by atoms with Crippen LogP contribution < -0.4 is 5.32 Å². The Kier molecular flexibility index (Phi) is 6.90. The maximum absolute atomic E-state index is 10.1. The van der Waals surface area contributed by atoms with Crippen molar-refractivity contribution in [3.05, 3.63) is 34.3 Å². The molecule has 2 atom stereocenters. The number of hydrogen-bond acceptors (Lipinski definition) is 2. The summed E-state index contributed by atoms with van der Waals surface area (Å²) in [6, 6.07) is 8.29. The van der Waals surface area contributed by atoms with Gasteiger partial charge < -0.3 is 10.4 Å². The van der Waals surface area contributed by atoms with Gasteiger partial charge in [-0.15, -0.1) is 0 Å². The fourth-order valence-electron chi connectivity index (χ4n) is 1.83. The molecule has 0 saturated heterocycles. The topological polar surface area (TPSA) is 32.3 Å². The average Bonchev–Trinajstić information content (AvgIpc) is 2.33. The molecule has 0 aliphatic rings. The molecule has 0 aliphatic carbocycles. The van der Waals surface area contributed by atoms with Crippen molar-refractivity contribution >= 4 is 15.9 Å². The third kappa shape index (κ3) is 5.98. The summed E-state index contributed by atoms with van der Waals surface area (Å²) in [5.74, 6) is 0.740. The first-order valence-corrected chi connectivity index (χ1v) is 7.45. The van der Waals surface area contributed by atoms with E-state index in [-0.39, 0.29) is 0 Å². The molecule has 0 aromatic heterocycles. The lowest BCUT2D eigenvalue weighted by Gasteiger charge is -2.18. The predicted octanol–water partition coefficient (Wildman–Crippen LogP) is 3.90. The largest absolute Gasteiger partial charge is 0.387 e. The second kappa shape index (κ2) is 7.93. The normalized spacial score (nSPS) is 14.8. The zero-order valence-electron chi connectivity index (χ0n) is 11.5. The van der Waals surface area contributed by atoms with Crippen molar-refractivity contribution in [1.29, 1.82) is 0 Å². The van der Waals surface area contributed by atoms with Gasteiger partial charge in [0.05, 0.1) is 6.10 Å². The molecule has 0 spiro atoms. The van der Waals surface area contributed by atoms with Gasteiger partial charge >= 0.3 is 0 Å². The van der Waals surface area contributed by atoms with Crippen LogP contribution in [0.1, 0.15) is 45.3 Å². The van der Waals surface area contributed by atoms with E-state index in [1.807, 2.05) is 24.3 Å². The van der Waals surface area contributed by atoms with Crippen molar-refractivity contribution in [2.75, 3.05) is 6.54 Å². The SMILES string of the molecule is CC(C)CCC(C)NCC(O)c1cccc(Br)c1. The van der Waals surface area contributed by atoms with Gasteiger partial charge in [0.1, 0.15) is 0 Å². The molecule has 3 heteroatoms. The van der Waals surface area contributed by atoms with E-state index in [2.05, 4.69) is 42.0 Å². The highest BCUT2D eigenvalue weighted by Gasteiger charge is 2.10. The zero-order valence-corrected chi connectivity index (χ0v) is 13.1. The molecule has 2 unspecified atom stereocenters. The molecule has 0 bridgehead atoms. The summed E-state index contributed by atoms with van der Waals surface area (Å²) in [7, 11) is 0. The second-order valence-corrected chi connectivity index (χ2v) is 6.27. The maximum atomic E-state index is 10.1. The summed E-state index contributed by atoms with van der Waals surface area (Å²) >= 11 is 3.42. The highest BCUT2D eigenvalue weighted by atomic mass is 79.9. The zero-order chi connectivity index (χ0) is 13.5. The van der Waals surface area contributed by atoms with Gasteiger partial charge in [0.15, 0.2) is 0 Å². The summed E-state index contributed by atoms with van der Waals surface area (Å²) in [6.45, 7) is 7.26. The minimum atomic E-state index is -0.441. The molecule has 102 valence electrons. The van der Waals surface area contributed by atoms with Crippen molar-refractivity contribution in [1.82, 2.24) is 5.32 Å². The summed E-state index contributed by atoms with van der Waals surface area (Å²) in [5, 5.41) is 13.5. The van der Waals surface area contributed by atoms with Gasteiger partial charge in [-0.25, -0.2) is 0 Å². The monoisotopic (exact) mass is 313 g/mol. The predicted molar refractivity (Wildman–Crippen MR) is 80.6 cm³/mol. The first-order chi connectivity index (χ1) is 8.49. The molecule has 2 N–H and O–H groups in total. The molecule has 0 amide bonds. The van der Waals surface area contributed by atoms with E-state index in [1.54, 1.807) is 0 Å². The molecule has 1 rings (SSSR count). The Bertz CT molecular complexity index is 354. The Balaban J connectivity index is 2.34. The number of aliphatic hydroxyl groups is 1. The van der Waals surface area contributed by atoms with E-state index in [4.69, 9.17) is 0 Å². The van der Waals surface area contributed by atoms with E-state index in [0.717, 1.165) is 22.4 Å². The minimum Gasteiger partial charge on any atom is -0.387 e. The Morgan fingerprint density at radius 3 is 2.56 bits per heavy atom. The molecule has 1 aromatic rings. The number of nitrogens with one attached hydrogen (secondary N) is 1. The average molecular weight is 314 g/mol. The van der Waals surface area contributed by atoms with Crippen LogP contribution in [0.4, 0.5) is 0 Å². The van der Waals surface area contributed by atoms with Crippen LogP contribution in [0.3, 0.4) is 0 Å². The summed E-state index contributed by atoms with van der Waals surface area (Å²) in [6.07, 6.45) is 1.94. The van der Waals surface area contributed by atoms with Crippen LogP contribution in [-0.4, -0.2) is 17.7 Å². The maximum Gasteiger partial charge on any atom is 0.0914 e. The van der Waals surface area contributed by atoms with E-state index < -0.39 is 6.10 Å². The molecular formula is C15H24BrNO. The van der Waals surface area contributed by atoms with Crippen LogP contribution in [0.15, 0.2) is 28.7 Å². The van der Waals surface area contributed by atoms with Gasteiger partial charge in [-0.1, -0.05) is 41.9 Å². The van der Waals surface area contributed by atoms with Crippen LogP contribution >= 0.6 is 15.9 Å². The standard InChI is InChI=1S/C15H24BrNO/c1-11(2)7-8-12(3)17-10-15(18)13-5-4-6-14(16)9-13/h4-6,9,11-12,15,17-18H,7-8,10H2,1-3H3. The minimum absolute atomic E-state index is 0.441. The molecule has 0 radical (unpaired) electrons. The molecule has 0 aliphatic heterocycles. The van der Waals surface area contributed by atoms with Crippen LogP contribution in [-0.2, 0) is 0 Å². The fraction of sp³-hybridized carbons (Fsp3) is 0.600. The highest BCUT2D eigenvalue weighted by molar-refractivity contribution is 9.10. The lowest BCUT2D eigenvalue weighted by atomic mass is 10.0.